The van der Waals surface area contributed by atoms with E-state index < -0.39 is 5.69 Å². The van der Waals surface area contributed by atoms with Crippen molar-refractivity contribution in [3.63, 3.8) is 0 Å². The first kappa shape index (κ1) is 44.7. The lowest BCUT2D eigenvalue weighted by atomic mass is 10.0. The van der Waals surface area contributed by atoms with Gasteiger partial charge in [0.25, 0.3) is 11.5 Å². The Morgan fingerprint density at radius 3 is 1.93 bits per heavy atom. The summed E-state index contributed by atoms with van der Waals surface area (Å²) in [6, 6.07) is 21.5. The fourth-order valence-electron chi connectivity index (χ4n) is 8.10. The van der Waals surface area contributed by atoms with Gasteiger partial charge >= 0.3 is 5.69 Å². The van der Waals surface area contributed by atoms with E-state index in [0.717, 1.165) is 45.4 Å². The number of rotatable bonds is 19. The van der Waals surface area contributed by atoms with Gasteiger partial charge in [-0.1, -0.05) is 24.3 Å². The molecule has 0 aliphatic heterocycles. The van der Waals surface area contributed by atoms with E-state index in [1.807, 2.05) is 57.4 Å². The molecular weight excluding hydrogens is 794 g/mol. The van der Waals surface area contributed by atoms with E-state index in [4.69, 9.17) is 0 Å². The van der Waals surface area contributed by atoms with Crippen LogP contribution >= 0.6 is 12.4 Å². The number of nitrogens with zero attached hydrogens (tertiary/aromatic N) is 5. The standard InChI is InChI=1S/C46H55N9O5.ClH/c1-51(2)25-10-24-49-44(58)32-18-20-35(38-40(32)50-34-16-8-6-14-30(34)42(38)56)47-22-11-27-53(5)28-12-23-48-36-21-19-33-41-39(36)43(57)31-15-7-9-17-37(31)55(41)46(60)54(45(33)59)29-13-26-52(3)4;/h6-9,14-21,47-48H,10-13,22-29H2,1-5H3,(H,49,58)(H,50,56);1H. The Morgan fingerprint density at radius 2 is 1.23 bits per heavy atom. The molecule has 7 aromatic rings. The van der Waals surface area contributed by atoms with Crippen LogP contribution in [0.5, 0.6) is 0 Å². The molecule has 0 bridgehead atoms. The number of nitrogens with one attached hydrogen (secondary N) is 4. The van der Waals surface area contributed by atoms with Crippen LogP contribution in [-0.4, -0.2) is 116 Å². The summed E-state index contributed by atoms with van der Waals surface area (Å²) in [7, 11) is 9.95. The Kier molecular flexibility index (Phi) is 14.5. The van der Waals surface area contributed by atoms with E-state index >= 15 is 0 Å². The average Bonchev–Trinajstić information content (AvgIpc) is 3.23. The molecule has 0 aliphatic carbocycles. The zero-order valence-corrected chi connectivity index (χ0v) is 36.4. The number of pyridine rings is 2. The molecule has 0 radical (unpaired) electrons. The molecule has 0 unspecified atom stereocenters. The molecule has 0 atom stereocenters. The van der Waals surface area contributed by atoms with Crippen LogP contribution in [0, 0.1) is 0 Å². The van der Waals surface area contributed by atoms with Crippen LogP contribution in [0.2, 0.25) is 0 Å². The third-order valence-electron chi connectivity index (χ3n) is 11.1. The number of amides is 1. The van der Waals surface area contributed by atoms with Crippen LogP contribution in [-0.2, 0) is 6.54 Å². The highest BCUT2D eigenvalue weighted by Crippen LogP contribution is 2.28. The molecule has 14 nitrogen and oxygen atoms in total. The summed E-state index contributed by atoms with van der Waals surface area (Å²) >= 11 is 0. The van der Waals surface area contributed by atoms with Crippen molar-refractivity contribution in [2.45, 2.75) is 32.2 Å². The predicted octanol–water partition coefficient (Wildman–Crippen LogP) is 4.85. The van der Waals surface area contributed by atoms with Crippen molar-refractivity contribution < 1.29 is 4.79 Å². The largest absolute Gasteiger partial charge is 0.384 e. The van der Waals surface area contributed by atoms with Crippen LogP contribution in [0.15, 0.2) is 92.0 Å². The number of carbonyl (C=O) groups is 1. The lowest BCUT2D eigenvalue weighted by Gasteiger charge is -2.19. The Labute approximate surface area is 359 Å². The minimum absolute atomic E-state index is 0. The molecule has 322 valence electrons. The SMILES string of the molecule is CN(C)CCCNC(=O)c1ccc(NCCCN(C)CCCNc2ccc3c(=O)n(CCCN(C)C)c(=O)n4c5ccccc5c(=O)c2c34)c2c(=O)c3ccccc3[nH]c12.Cl. The van der Waals surface area contributed by atoms with Gasteiger partial charge in [-0.3, -0.25) is 28.1 Å². The summed E-state index contributed by atoms with van der Waals surface area (Å²) in [5.41, 5.74) is 2.55. The number of aromatic nitrogens is 3. The Hall–Kier alpha value is -5.80. The zero-order valence-electron chi connectivity index (χ0n) is 35.6. The zero-order chi connectivity index (χ0) is 42.5. The first-order valence-electron chi connectivity index (χ1n) is 20.7. The van der Waals surface area contributed by atoms with Gasteiger partial charge in [-0.15, -0.1) is 12.4 Å². The molecule has 61 heavy (non-hydrogen) atoms. The van der Waals surface area contributed by atoms with Crippen molar-refractivity contribution in [1.82, 2.24) is 34.0 Å². The Balaban J connectivity index is 0.00000622. The molecule has 0 spiro atoms. The van der Waals surface area contributed by atoms with E-state index in [9.17, 15) is 24.0 Å². The van der Waals surface area contributed by atoms with Crippen LogP contribution in [0.25, 0.3) is 49.0 Å². The first-order chi connectivity index (χ1) is 29.0. The van der Waals surface area contributed by atoms with Gasteiger partial charge in [-0.2, -0.15) is 0 Å². The fourth-order valence-corrected chi connectivity index (χ4v) is 8.10. The van der Waals surface area contributed by atoms with Crippen molar-refractivity contribution in [3.05, 3.63) is 120 Å². The summed E-state index contributed by atoms with van der Waals surface area (Å²) < 4.78 is 2.82. The minimum atomic E-state index is -0.444. The third-order valence-corrected chi connectivity index (χ3v) is 11.1. The number of hydrogen-bond donors (Lipinski definition) is 4. The number of fused-ring (bicyclic) bond motifs is 4. The molecule has 3 aromatic heterocycles. The number of benzene rings is 4. The van der Waals surface area contributed by atoms with Gasteiger partial charge in [0.2, 0.25) is 0 Å². The maximum atomic E-state index is 14.0. The number of halogens is 1. The Morgan fingerprint density at radius 1 is 0.639 bits per heavy atom. The second-order valence-corrected chi connectivity index (χ2v) is 16.1. The average molecular weight is 850 g/mol. The number of anilines is 2. The molecule has 4 aromatic carbocycles. The van der Waals surface area contributed by atoms with Crippen LogP contribution in [0.1, 0.15) is 36.0 Å². The Bertz CT molecular complexity index is 2930. The van der Waals surface area contributed by atoms with E-state index in [2.05, 4.69) is 37.8 Å². The second-order valence-electron chi connectivity index (χ2n) is 16.1. The molecule has 0 saturated heterocycles. The fraction of sp³-hybridized carbons (Fsp3) is 0.370. The van der Waals surface area contributed by atoms with Crippen molar-refractivity contribution in [2.24, 2.45) is 0 Å². The summed E-state index contributed by atoms with van der Waals surface area (Å²) in [5, 5.41) is 12.0. The van der Waals surface area contributed by atoms with Crippen LogP contribution < -0.4 is 38.1 Å². The molecule has 0 fully saturated rings. The summed E-state index contributed by atoms with van der Waals surface area (Å²) in [6.07, 6.45) is 3.03. The maximum Gasteiger partial charge on any atom is 0.336 e. The second kappa shape index (κ2) is 19.7. The first-order valence-corrected chi connectivity index (χ1v) is 20.7. The van der Waals surface area contributed by atoms with Gasteiger partial charge in [-0.25, -0.2) is 4.79 Å². The summed E-state index contributed by atoms with van der Waals surface area (Å²) in [6.45, 7) is 5.15. The highest BCUT2D eigenvalue weighted by molar-refractivity contribution is 6.11. The number of carbonyl (C=O) groups excluding carboxylic acids is 1. The summed E-state index contributed by atoms with van der Waals surface area (Å²) in [4.78, 5) is 78.5. The number of aromatic amines is 1. The number of para-hydroxylation sites is 2. The van der Waals surface area contributed by atoms with Crippen molar-refractivity contribution in [3.8, 4) is 0 Å². The molecular formula is C46H56ClN9O5. The van der Waals surface area contributed by atoms with Crippen molar-refractivity contribution in [1.29, 1.82) is 0 Å². The summed E-state index contributed by atoms with van der Waals surface area (Å²) in [5.74, 6) is -0.222. The molecule has 0 saturated carbocycles. The highest BCUT2D eigenvalue weighted by atomic mass is 35.5. The maximum absolute atomic E-state index is 14.0. The van der Waals surface area contributed by atoms with E-state index in [0.29, 0.717) is 92.0 Å². The van der Waals surface area contributed by atoms with Gasteiger partial charge in [0.05, 0.1) is 38.3 Å². The molecule has 3 heterocycles. The normalized spacial score (nSPS) is 11.8. The lowest BCUT2D eigenvalue weighted by molar-refractivity contribution is 0.0954. The van der Waals surface area contributed by atoms with Gasteiger partial charge in [0.15, 0.2) is 10.9 Å². The van der Waals surface area contributed by atoms with Gasteiger partial charge in [0, 0.05) is 53.8 Å². The molecule has 15 heteroatoms. The highest BCUT2D eigenvalue weighted by Gasteiger charge is 2.21. The monoisotopic (exact) mass is 849 g/mol. The minimum Gasteiger partial charge on any atom is -0.384 e. The predicted molar refractivity (Wildman–Crippen MR) is 252 cm³/mol. The number of H-pyrrole nitrogens is 1. The quantitative estimate of drug-likeness (QED) is 0.0505. The smallest absolute Gasteiger partial charge is 0.336 e. The lowest BCUT2D eigenvalue weighted by Crippen LogP contribution is -2.39. The van der Waals surface area contributed by atoms with Crippen LogP contribution in [0.4, 0.5) is 11.4 Å². The number of hydrogen-bond acceptors (Lipinski definition) is 10. The van der Waals surface area contributed by atoms with E-state index in [1.165, 1.54) is 8.97 Å². The van der Waals surface area contributed by atoms with Crippen molar-refractivity contribution in [2.75, 3.05) is 91.7 Å². The molecule has 1 amide bonds. The van der Waals surface area contributed by atoms with Crippen molar-refractivity contribution >= 4 is 78.7 Å². The molecule has 7 rings (SSSR count). The van der Waals surface area contributed by atoms with E-state index in [-0.39, 0.29) is 41.3 Å². The molecule has 0 aliphatic rings. The van der Waals surface area contributed by atoms with Gasteiger partial charge in [-0.05, 0) is 136 Å². The topological polar surface area (TPSA) is 156 Å². The van der Waals surface area contributed by atoms with Gasteiger partial charge in [0.1, 0.15) is 0 Å². The molecule has 4 N–H and O–H groups in total. The van der Waals surface area contributed by atoms with E-state index in [1.54, 1.807) is 48.5 Å². The third kappa shape index (κ3) is 9.42. The van der Waals surface area contributed by atoms with Gasteiger partial charge < -0.3 is 35.6 Å². The van der Waals surface area contributed by atoms with Crippen LogP contribution in [0.3, 0.4) is 0 Å².